The topological polar surface area (TPSA) is 46.2 Å². The Morgan fingerprint density at radius 1 is 1.26 bits per heavy atom. The summed E-state index contributed by atoms with van der Waals surface area (Å²) >= 11 is 0. The molecular weight excluding hydrogens is 336 g/mol. The molecule has 1 saturated carbocycles. The van der Waals surface area contributed by atoms with E-state index in [1.165, 1.54) is 63.0 Å². The van der Waals surface area contributed by atoms with Crippen LogP contribution in [-0.4, -0.2) is 40.4 Å². The summed E-state index contributed by atoms with van der Waals surface area (Å²) in [4.78, 5) is 2.71. The first-order valence-corrected chi connectivity index (χ1v) is 10.8. The van der Waals surface area contributed by atoms with Crippen LogP contribution in [0.15, 0.2) is 28.9 Å². The summed E-state index contributed by atoms with van der Waals surface area (Å²) in [6.07, 6.45) is 9.82. The van der Waals surface area contributed by atoms with Gasteiger partial charge in [0.05, 0.1) is 18.5 Å². The van der Waals surface area contributed by atoms with E-state index in [0.717, 1.165) is 24.8 Å². The van der Waals surface area contributed by atoms with Gasteiger partial charge < -0.3 is 9.73 Å². The van der Waals surface area contributed by atoms with Crippen LogP contribution in [0.5, 0.6) is 0 Å². The highest BCUT2D eigenvalue weighted by Crippen LogP contribution is 2.43. The second-order valence-corrected chi connectivity index (χ2v) is 8.85. The van der Waals surface area contributed by atoms with Crippen LogP contribution in [-0.2, 0) is 13.6 Å². The van der Waals surface area contributed by atoms with E-state index in [4.69, 9.17) is 9.52 Å². The molecule has 27 heavy (non-hydrogen) atoms. The fourth-order valence-corrected chi connectivity index (χ4v) is 5.73. The SMILES string of the molecule is Cn1nc(C2CCCC2)cc1[C@H]1CN2CC[C@H]1C[C@@H]2CNCc1ccco1. The normalized spacial score (nSPS) is 31.0. The van der Waals surface area contributed by atoms with Gasteiger partial charge in [0.1, 0.15) is 5.76 Å². The van der Waals surface area contributed by atoms with E-state index in [2.05, 4.69) is 28.0 Å². The highest BCUT2D eigenvalue weighted by molar-refractivity contribution is 5.22. The maximum atomic E-state index is 5.43. The highest BCUT2D eigenvalue weighted by Gasteiger charge is 2.41. The quantitative estimate of drug-likeness (QED) is 0.846. The lowest BCUT2D eigenvalue weighted by Crippen LogP contribution is -2.55. The lowest BCUT2D eigenvalue weighted by Gasteiger charge is -2.50. The predicted octanol–water partition coefficient (Wildman–Crippen LogP) is 3.64. The zero-order chi connectivity index (χ0) is 18.2. The molecule has 146 valence electrons. The minimum atomic E-state index is 0.660. The summed E-state index contributed by atoms with van der Waals surface area (Å²) in [5, 5.41) is 8.52. The van der Waals surface area contributed by atoms with Crippen LogP contribution in [0.1, 0.15) is 67.5 Å². The molecule has 4 fully saturated rings. The molecule has 1 N–H and O–H groups in total. The van der Waals surface area contributed by atoms with Crippen molar-refractivity contribution < 1.29 is 4.42 Å². The summed E-state index contributed by atoms with van der Waals surface area (Å²) in [5.74, 6) is 3.20. The molecule has 2 bridgehead atoms. The van der Waals surface area contributed by atoms with E-state index < -0.39 is 0 Å². The Morgan fingerprint density at radius 2 is 2.15 bits per heavy atom. The first kappa shape index (κ1) is 17.5. The van der Waals surface area contributed by atoms with Gasteiger partial charge in [0, 0.05) is 43.7 Å². The molecule has 0 spiro atoms. The molecule has 3 aliphatic heterocycles. The van der Waals surface area contributed by atoms with Crippen LogP contribution in [0.4, 0.5) is 0 Å². The second kappa shape index (κ2) is 7.44. The van der Waals surface area contributed by atoms with Gasteiger partial charge in [-0.2, -0.15) is 5.10 Å². The molecule has 4 aliphatic rings. The Morgan fingerprint density at radius 3 is 2.89 bits per heavy atom. The monoisotopic (exact) mass is 368 g/mol. The number of hydrogen-bond acceptors (Lipinski definition) is 4. The lowest BCUT2D eigenvalue weighted by atomic mass is 9.74. The molecule has 1 unspecified atom stereocenters. The Labute approximate surface area is 162 Å². The third kappa shape index (κ3) is 3.47. The standard InChI is InChI=1S/C22H32N4O/c1-25-22(12-21(24-25)16-5-2-3-6-16)20-15-26-9-8-17(20)11-18(26)13-23-14-19-7-4-10-27-19/h4,7,10,12,16-18,20,23H,2-3,5-6,8-9,11,13-15H2,1H3/t17-,18+,20-/m0/s1. The van der Waals surface area contributed by atoms with Crippen LogP contribution in [0.3, 0.4) is 0 Å². The number of furan rings is 1. The summed E-state index contributed by atoms with van der Waals surface area (Å²) in [5.41, 5.74) is 2.84. The third-order valence-corrected chi connectivity index (χ3v) is 7.23. The Kier molecular flexibility index (Phi) is 4.82. The minimum Gasteiger partial charge on any atom is -0.468 e. The maximum absolute atomic E-state index is 5.43. The maximum Gasteiger partial charge on any atom is 0.117 e. The molecule has 2 aromatic rings. The average Bonchev–Trinajstić information content (AvgIpc) is 3.44. The van der Waals surface area contributed by atoms with Crippen LogP contribution in [0.2, 0.25) is 0 Å². The van der Waals surface area contributed by atoms with Crippen molar-refractivity contribution >= 4 is 0 Å². The molecule has 0 amide bonds. The number of piperidine rings is 3. The average molecular weight is 369 g/mol. The van der Waals surface area contributed by atoms with E-state index in [1.54, 1.807) is 6.26 Å². The number of aryl methyl sites for hydroxylation is 1. The number of nitrogens with one attached hydrogen (secondary N) is 1. The number of nitrogens with zero attached hydrogens (tertiary/aromatic N) is 3. The summed E-state index contributed by atoms with van der Waals surface area (Å²) in [6.45, 7) is 4.34. The number of fused-ring (bicyclic) bond motifs is 3. The molecule has 2 aromatic heterocycles. The molecule has 5 heterocycles. The van der Waals surface area contributed by atoms with Gasteiger partial charge in [0.25, 0.3) is 0 Å². The van der Waals surface area contributed by atoms with Gasteiger partial charge in [-0.05, 0) is 56.3 Å². The second-order valence-electron chi connectivity index (χ2n) is 8.85. The van der Waals surface area contributed by atoms with Gasteiger partial charge in [0.2, 0.25) is 0 Å². The Balaban J connectivity index is 1.22. The van der Waals surface area contributed by atoms with Crippen molar-refractivity contribution in [3.05, 3.63) is 41.6 Å². The predicted molar refractivity (Wildman–Crippen MR) is 106 cm³/mol. The van der Waals surface area contributed by atoms with Crippen LogP contribution in [0, 0.1) is 5.92 Å². The molecular formula is C22H32N4O. The molecule has 3 saturated heterocycles. The largest absolute Gasteiger partial charge is 0.468 e. The van der Waals surface area contributed by atoms with Crippen molar-refractivity contribution in [2.45, 2.75) is 62.9 Å². The summed E-state index contributed by atoms with van der Waals surface area (Å²) in [6, 6.07) is 7.12. The molecule has 4 atom stereocenters. The van der Waals surface area contributed by atoms with Crippen LogP contribution in [0.25, 0.3) is 0 Å². The first-order chi connectivity index (χ1) is 13.3. The number of hydrogen-bond donors (Lipinski definition) is 1. The van der Waals surface area contributed by atoms with Gasteiger partial charge in [-0.15, -0.1) is 0 Å². The lowest BCUT2D eigenvalue weighted by molar-refractivity contribution is 0.0280. The van der Waals surface area contributed by atoms with Crippen molar-refractivity contribution in [3.8, 4) is 0 Å². The third-order valence-electron chi connectivity index (χ3n) is 7.23. The van der Waals surface area contributed by atoms with Crippen LogP contribution >= 0.6 is 0 Å². The van der Waals surface area contributed by atoms with E-state index in [0.29, 0.717) is 17.9 Å². The van der Waals surface area contributed by atoms with E-state index in [9.17, 15) is 0 Å². The van der Waals surface area contributed by atoms with Crippen molar-refractivity contribution in [2.75, 3.05) is 19.6 Å². The van der Waals surface area contributed by atoms with Crippen molar-refractivity contribution in [3.63, 3.8) is 0 Å². The fraction of sp³-hybridized carbons (Fsp3) is 0.682. The molecule has 6 rings (SSSR count). The Hall–Kier alpha value is -1.59. The molecule has 5 heteroatoms. The van der Waals surface area contributed by atoms with Gasteiger partial charge in [-0.3, -0.25) is 9.58 Å². The smallest absolute Gasteiger partial charge is 0.117 e. The van der Waals surface area contributed by atoms with Gasteiger partial charge in [-0.25, -0.2) is 0 Å². The Bertz CT molecular complexity index is 746. The first-order valence-electron chi connectivity index (χ1n) is 10.8. The van der Waals surface area contributed by atoms with E-state index in [1.807, 2.05) is 12.1 Å². The molecule has 0 radical (unpaired) electrons. The molecule has 5 nitrogen and oxygen atoms in total. The summed E-state index contributed by atoms with van der Waals surface area (Å²) < 4.78 is 7.63. The van der Waals surface area contributed by atoms with Crippen molar-refractivity contribution in [1.82, 2.24) is 20.0 Å². The van der Waals surface area contributed by atoms with Crippen molar-refractivity contribution in [2.24, 2.45) is 13.0 Å². The highest BCUT2D eigenvalue weighted by atomic mass is 16.3. The zero-order valence-corrected chi connectivity index (χ0v) is 16.4. The van der Waals surface area contributed by atoms with Gasteiger partial charge in [0.15, 0.2) is 0 Å². The van der Waals surface area contributed by atoms with Gasteiger partial charge in [-0.1, -0.05) is 12.8 Å². The van der Waals surface area contributed by atoms with Crippen molar-refractivity contribution in [1.29, 1.82) is 0 Å². The van der Waals surface area contributed by atoms with E-state index >= 15 is 0 Å². The fourth-order valence-electron chi connectivity index (χ4n) is 5.73. The van der Waals surface area contributed by atoms with Gasteiger partial charge >= 0.3 is 0 Å². The number of aromatic nitrogens is 2. The number of rotatable bonds is 6. The molecule has 1 aliphatic carbocycles. The minimum absolute atomic E-state index is 0.660. The molecule has 0 aromatic carbocycles. The van der Waals surface area contributed by atoms with E-state index in [-0.39, 0.29) is 0 Å². The zero-order valence-electron chi connectivity index (χ0n) is 16.4. The summed E-state index contributed by atoms with van der Waals surface area (Å²) in [7, 11) is 2.16. The van der Waals surface area contributed by atoms with Crippen LogP contribution < -0.4 is 5.32 Å².